The van der Waals surface area contributed by atoms with Crippen LogP contribution in [-0.4, -0.2) is 38.7 Å². The van der Waals surface area contributed by atoms with Gasteiger partial charge in [0.25, 0.3) is 5.91 Å². The molecule has 1 amide bonds. The summed E-state index contributed by atoms with van der Waals surface area (Å²) < 4.78 is 23.8. The van der Waals surface area contributed by atoms with E-state index in [0.29, 0.717) is 0 Å². The normalized spacial score (nSPS) is 11.3. The van der Waals surface area contributed by atoms with Crippen molar-refractivity contribution in [3.8, 4) is 0 Å². The molecule has 0 radical (unpaired) electrons. The van der Waals surface area contributed by atoms with Gasteiger partial charge in [0, 0.05) is 18.7 Å². The van der Waals surface area contributed by atoms with E-state index in [2.05, 4.69) is 15.0 Å². The Balaban J connectivity index is 2.51. The van der Waals surface area contributed by atoms with E-state index in [1.807, 2.05) is 0 Å². The number of nitrogens with one attached hydrogen (secondary N) is 2. The van der Waals surface area contributed by atoms with Crippen molar-refractivity contribution in [3.63, 3.8) is 0 Å². The molecule has 1 aromatic rings. The Morgan fingerprint density at radius 2 is 1.83 bits per heavy atom. The average molecular weight is 312 g/mol. The summed E-state index contributed by atoms with van der Waals surface area (Å²) in [6, 6.07) is 2.74. The molecule has 18 heavy (non-hydrogen) atoms. The second-order valence-electron chi connectivity index (χ2n) is 3.42. The molecule has 9 heteroatoms. The highest BCUT2D eigenvalue weighted by molar-refractivity contribution is 7.88. The molecule has 0 saturated heterocycles. The van der Waals surface area contributed by atoms with Crippen molar-refractivity contribution in [2.24, 2.45) is 0 Å². The maximum atomic E-state index is 11.6. The van der Waals surface area contributed by atoms with E-state index in [9.17, 15) is 13.2 Å². The van der Waals surface area contributed by atoms with Crippen LogP contribution in [0.1, 0.15) is 10.4 Å². The summed E-state index contributed by atoms with van der Waals surface area (Å²) in [6.07, 6.45) is 1.04. The molecule has 0 spiro atoms. The summed E-state index contributed by atoms with van der Waals surface area (Å²) in [6.45, 7) is 0.264. The van der Waals surface area contributed by atoms with Crippen LogP contribution in [0.2, 0.25) is 10.3 Å². The number of hydrogen-bond donors (Lipinski definition) is 2. The van der Waals surface area contributed by atoms with Gasteiger partial charge in [0.15, 0.2) is 0 Å². The third-order valence-electron chi connectivity index (χ3n) is 1.80. The standard InChI is InChI=1S/C9H11Cl2N3O3S/c1-18(16,17)13-3-2-12-9(15)6-4-7(10)14-8(11)5-6/h4-5,13H,2-3H2,1H3,(H,12,15). The Bertz CT molecular complexity index is 528. The number of aromatic nitrogens is 1. The largest absolute Gasteiger partial charge is 0.351 e. The lowest BCUT2D eigenvalue weighted by atomic mass is 10.2. The maximum Gasteiger partial charge on any atom is 0.251 e. The van der Waals surface area contributed by atoms with Crippen molar-refractivity contribution in [1.29, 1.82) is 0 Å². The van der Waals surface area contributed by atoms with Gasteiger partial charge in [-0.05, 0) is 12.1 Å². The molecule has 0 aliphatic rings. The van der Waals surface area contributed by atoms with Crippen LogP contribution in [-0.2, 0) is 10.0 Å². The van der Waals surface area contributed by atoms with Crippen molar-refractivity contribution >= 4 is 39.1 Å². The van der Waals surface area contributed by atoms with E-state index in [1.54, 1.807) is 0 Å². The topological polar surface area (TPSA) is 88.2 Å². The predicted octanol–water partition coefficient (Wildman–Crippen LogP) is 0.667. The van der Waals surface area contributed by atoms with Crippen LogP contribution in [0.5, 0.6) is 0 Å². The quantitative estimate of drug-likeness (QED) is 0.618. The highest BCUT2D eigenvalue weighted by Gasteiger charge is 2.08. The second kappa shape index (κ2) is 6.33. The van der Waals surface area contributed by atoms with Crippen LogP contribution in [0.3, 0.4) is 0 Å². The summed E-state index contributed by atoms with van der Waals surface area (Å²) in [5.74, 6) is -0.406. The lowest BCUT2D eigenvalue weighted by molar-refractivity contribution is 0.0954. The minimum absolute atomic E-state index is 0.108. The Morgan fingerprint density at radius 3 is 2.33 bits per heavy atom. The molecule has 1 rings (SSSR count). The minimum atomic E-state index is -3.25. The van der Waals surface area contributed by atoms with Gasteiger partial charge in [-0.3, -0.25) is 4.79 Å². The number of halogens is 2. The summed E-state index contributed by atoms with van der Waals surface area (Å²) in [4.78, 5) is 15.3. The Morgan fingerprint density at radius 1 is 1.28 bits per heavy atom. The van der Waals surface area contributed by atoms with Crippen LogP contribution >= 0.6 is 23.2 Å². The Labute approximate surface area is 115 Å². The van der Waals surface area contributed by atoms with Crippen molar-refractivity contribution in [2.45, 2.75) is 0 Å². The molecule has 0 saturated carbocycles. The maximum absolute atomic E-state index is 11.6. The monoisotopic (exact) mass is 311 g/mol. The first-order valence-corrected chi connectivity index (χ1v) is 7.48. The van der Waals surface area contributed by atoms with Crippen molar-refractivity contribution in [1.82, 2.24) is 15.0 Å². The number of nitrogens with zero attached hydrogens (tertiary/aromatic N) is 1. The molecule has 100 valence electrons. The zero-order valence-electron chi connectivity index (χ0n) is 9.41. The molecule has 6 nitrogen and oxygen atoms in total. The molecule has 0 unspecified atom stereocenters. The summed E-state index contributed by atoms with van der Waals surface area (Å²) >= 11 is 11.3. The van der Waals surface area contributed by atoms with E-state index in [0.717, 1.165) is 6.26 Å². The third-order valence-corrected chi connectivity index (χ3v) is 2.92. The molecule has 0 atom stereocenters. The number of carbonyl (C=O) groups is 1. The van der Waals surface area contributed by atoms with Gasteiger partial charge < -0.3 is 5.32 Å². The fraction of sp³-hybridized carbons (Fsp3) is 0.333. The first-order chi connectivity index (χ1) is 8.28. The van der Waals surface area contributed by atoms with E-state index in [-0.39, 0.29) is 29.0 Å². The number of hydrogen-bond acceptors (Lipinski definition) is 4. The fourth-order valence-electron chi connectivity index (χ4n) is 1.11. The van der Waals surface area contributed by atoms with Gasteiger partial charge in [-0.2, -0.15) is 0 Å². The van der Waals surface area contributed by atoms with Crippen molar-refractivity contribution in [3.05, 3.63) is 28.0 Å². The van der Waals surface area contributed by atoms with Gasteiger partial charge in [0.2, 0.25) is 10.0 Å². The molecule has 0 aliphatic heterocycles. The van der Waals surface area contributed by atoms with Crippen molar-refractivity contribution < 1.29 is 13.2 Å². The molecule has 1 heterocycles. The van der Waals surface area contributed by atoms with Gasteiger partial charge in [0.1, 0.15) is 10.3 Å². The van der Waals surface area contributed by atoms with Gasteiger partial charge in [-0.15, -0.1) is 0 Å². The van der Waals surface area contributed by atoms with Crippen LogP contribution in [0, 0.1) is 0 Å². The van der Waals surface area contributed by atoms with Crippen LogP contribution in [0.15, 0.2) is 12.1 Å². The number of pyridine rings is 1. The zero-order chi connectivity index (χ0) is 13.8. The van der Waals surface area contributed by atoms with Crippen LogP contribution in [0.25, 0.3) is 0 Å². The lowest BCUT2D eigenvalue weighted by Gasteiger charge is -2.06. The van der Waals surface area contributed by atoms with Gasteiger partial charge in [0.05, 0.1) is 6.26 Å². The zero-order valence-corrected chi connectivity index (χ0v) is 11.7. The molecule has 0 fully saturated rings. The first kappa shape index (κ1) is 15.2. The van der Waals surface area contributed by atoms with Crippen LogP contribution in [0.4, 0.5) is 0 Å². The molecular formula is C9H11Cl2N3O3S. The summed E-state index contributed by atoms with van der Waals surface area (Å²) in [5, 5.41) is 2.74. The molecular weight excluding hydrogens is 301 g/mol. The Kier molecular flexibility index (Phi) is 5.33. The van der Waals surface area contributed by atoms with Gasteiger partial charge in [-0.25, -0.2) is 18.1 Å². The predicted molar refractivity (Wildman–Crippen MR) is 69.4 cm³/mol. The molecule has 0 aliphatic carbocycles. The lowest BCUT2D eigenvalue weighted by Crippen LogP contribution is -2.34. The van der Waals surface area contributed by atoms with E-state index >= 15 is 0 Å². The highest BCUT2D eigenvalue weighted by atomic mass is 35.5. The number of rotatable bonds is 5. The highest BCUT2D eigenvalue weighted by Crippen LogP contribution is 2.14. The summed E-state index contributed by atoms with van der Waals surface area (Å²) in [5.41, 5.74) is 0.263. The minimum Gasteiger partial charge on any atom is -0.351 e. The average Bonchev–Trinajstić information content (AvgIpc) is 2.21. The fourth-order valence-corrected chi connectivity index (χ4v) is 2.04. The Hall–Kier alpha value is -0.890. The molecule has 1 aromatic heterocycles. The second-order valence-corrected chi connectivity index (χ2v) is 6.03. The molecule has 2 N–H and O–H groups in total. The smallest absolute Gasteiger partial charge is 0.251 e. The van der Waals surface area contributed by atoms with Gasteiger partial charge in [-0.1, -0.05) is 23.2 Å². The van der Waals surface area contributed by atoms with Crippen LogP contribution < -0.4 is 10.0 Å². The van der Waals surface area contributed by atoms with E-state index in [4.69, 9.17) is 23.2 Å². The van der Waals surface area contributed by atoms with E-state index in [1.165, 1.54) is 12.1 Å². The number of carbonyl (C=O) groups excluding carboxylic acids is 1. The first-order valence-electron chi connectivity index (χ1n) is 4.84. The van der Waals surface area contributed by atoms with Crippen molar-refractivity contribution in [2.75, 3.05) is 19.3 Å². The molecule has 0 aromatic carbocycles. The van der Waals surface area contributed by atoms with Gasteiger partial charge >= 0.3 is 0 Å². The summed E-state index contributed by atoms with van der Waals surface area (Å²) in [7, 11) is -3.25. The molecule has 0 bridgehead atoms. The number of sulfonamides is 1. The third kappa shape index (κ3) is 5.63. The van der Waals surface area contributed by atoms with E-state index < -0.39 is 15.9 Å². The number of amides is 1. The SMILES string of the molecule is CS(=O)(=O)NCCNC(=O)c1cc(Cl)nc(Cl)c1.